The molecule has 1 aliphatic rings. The number of ether oxygens (including phenoxy) is 2. The first-order chi connectivity index (χ1) is 13.0. The zero-order valence-corrected chi connectivity index (χ0v) is 16.9. The molecule has 3 rings (SSSR count). The van der Waals surface area contributed by atoms with Gasteiger partial charge in [0, 0.05) is 31.2 Å². The van der Waals surface area contributed by atoms with E-state index in [0.29, 0.717) is 42.8 Å². The summed E-state index contributed by atoms with van der Waals surface area (Å²) < 4.78 is 11.3. The van der Waals surface area contributed by atoms with Crippen molar-refractivity contribution in [3.05, 3.63) is 40.2 Å². The Labute approximate surface area is 165 Å². The lowest BCUT2D eigenvalue weighted by molar-refractivity contribution is 0.140. The van der Waals surface area contributed by atoms with E-state index in [1.165, 1.54) is 0 Å². The molecule has 27 heavy (non-hydrogen) atoms. The highest BCUT2D eigenvalue weighted by Crippen LogP contribution is 2.37. The highest BCUT2D eigenvalue weighted by molar-refractivity contribution is 6.32. The standard InChI is InChI=1S/C20H28ClN3O3/c1-4-26-19-8-14(7-17(21)20(19)27-5-2)10-24-11-15(18(25)12-24)9-16-6-13(3)22-23-16/h6-8,15,18,25H,4-5,9-12H2,1-3H3,(H,22,23)/t15-,18-/m1/s1. The van der Waals surface area contributed by atoms with Crippen molar-refractivity contribution in [3.8, 4) is 11.5 Å². The van der Waals surface area contributed by atoms with Crippen LogP contribution >= 0.6 is 11.6 Å². The predicted octanol–water partition coefficient (Wildman–Crippen LogP) is 3.20. The quantitative estimate of drug-likeness (QED) is 0.720. The van der Waals surface area contributed by atoms with Gasteiger partial charge in [-0.2, -0.15) is 5.10 Å². The van der Waals surface area contributed by atoms with Crippen LogP contribution in [-0.2, 0) is 13.0 Å². The number of aromatic nitrogens is 2. The number of nitrogens with one attached hydrogen (secondary N) is 1. The minimum atomic E-state index is -0.355. The van der Waals surface area contributed by atoms with Crippen LogP contribution in [0.4, 0.5) is 0 Å². The van der Waals surface area contributed by atoms with Gasteiger partial charge in [-0.3, -0.25) is 10.00 Å². The molecule has 2 atom stereocenters. The summed E-state index contributed by atoms with van der Waals surface area (Å²) in [7, 11) is 0. The SMILES string of the molecule is CCOc1cc(CN2C[C@@H](Cc3cc(C)[nH]n3)[C@H](O)C2)cc(Cl)c1OCC. The Hall–Kier alpha value is -1.76. The average molecular weight is 394 g/mol. The molecule has 0 saturated carbocycles. The number of hydrogen-bond donors (Lipinski definition) is 2. The monoisotopic (exact) mass is 393 g/mol. The number of aliphatic hydroxyl groups is 1. The third-order valence-corrected chi connectivity index (χ3v) is 5.06. The summed E-state index contributed by atoms with van der Waals surface area (Å²) in [6.07, 6.45) is 0.419. The molecule has 2 N–H and O–H groups in total. The van der Waals surface area contributed by atoms with Crippen molar-refractivity contribution in [2.24, 2.45) is 5.92 Å². The highest BCUT2D eigenvalue weighted by atomic mass is 35.5. The van der Waals surface area contributed by atoms with Crippen LogP contribution in [0.1, 0.15) is 30.8 Å². The van der Waals surface area contributed by atoms with Crippen LogP contribution in [0.3, 0.4) is 0 Å². The average Bonchev–Trinajstić information content (AvgIpc) is 3.17. The van der Waals surface area contributed by atoms with Crippen LogP contribution in [0.2, 0.25) is 5.02 Å². The fourth-order valence-corrected chi connectivity index (χ4v) is 3.92. The maximum Gasteiger partial charge on any atom is 0.179 e. The van der Waals surface area contributed by atoms with Crippen LogP contribution < -0.4 is 9.47 Å². The summed E-state index contributed by atoms with van der Waals surface area (Å²) >= 11 is 6.42. The van der Waals surface area contributed by atoms with E-state index in [9.17, 15) is 5.11 Å². The summed E-state index contributed by atoms with van der Waals surface area (Å²) in [6.45, 7) is 9.10. The second kappa shape index (κ2) is 8.95. The minimum Gasteiger partial charge on any atom is -0.490 e. The van der Waals surface area contributed by atoms with Gasteiger partial charge in [0.25, 0.3) is 0 Å². The number of rotatable bonds is 8. The lowest BCUT2D eigenvalue weighted by atomic mass is 10.0. The Kier molecular flexibility index (Phi) is 6.63. The Balaban J connectivity index is 1.68. The second-order valence-corrected chi connectivity index (χ2v) is 7.45. The molecule has 2 heterocycles. The number of likely N-dealkylation sites (tertiary alicyclic amines) is 1. The van der Waals surface area contributed by atoms with Gasteiger partial charge in [0.05, 0.1) is 30.0 Å². The van der Waals surface area contributed by atoms with E-state index in [1.807, 2.05) is 39.0 Å². The van der Waals surface area contributed by atoms with E-state index < -0.39 is 0 Å². The molecule has 1 aromatic carbocycles. The van der Waals surface area contributed by atoms with Crippen molar-refractivity contribution in [2.75, 3.05) is 26.3 Å². The van der Waals surface area contributed by atoms with Crippen molar-refractivity contribution >= 4 is 11.6 Å². The van der Waals surface area contributed by atoms with Crippen LogP contribution in [0.5, 0.6) is 11.5 Å². The lowest BCUT2D eigenvalue weighted by Crippen LogP contribution is -2.21. The van der Waals surface area contributed by atoms with Crippen LogP contribution in [-0.4, -0.2) is 52.6 Å². The minimum absolute atomic E-state index is 0.178. The van der Waals surface area contributed by atoms with Gasteiger partial charge in [-0.15, -0.1) is 0 Å². The lowest BCUT2D eigenvalue weighted by Gasteiger charge is -2.18. The molecule has 0 aliphatic carbocycles. The summed E-state index contributed by atoms with van der Waals surface area (Å²) in [5.41, 5.74) is 3.10. The van der Waals surface area contributed by atoms with Gasteiger partial charge >= 0.3 is 0 Å². The molecule has 1 saturated heterocycles. The van der Waals surface area contributed by atoms with Crippen molar-refractivity contribution in [3.63, 3.8) is 0 Å². The molecule has 0 amide bonds. The maximum atomic E-state index is 10.5. The first-order valence-electron chi connectivity index (χ1n) is 9.49. The Bertz CT molecular complexity index is 765. The van der Waals surface area contributed by atoms with Crippen molar-refractivity contribution in [1.82, 2.24) is 15.1 Å². The number of halogens is 1. The normalized spacial score (nSPS) is 20.2. The van der Waals surface area contributed by atoms with E-state index in [0.717, 1.165) is 29.9 Å². The zero-order chi connectivity index (χ0) is 19.4. The Morgan fingerprint density at radius 2 is 2.00 bits per heavy atom. The Morgan fingerprint density at radius 1 is 1.22 bits per heavy atom. The third-order valence-electron chi connectivity index (χ3n) is 4.78. The second-order valence-electron chi connectivity index (χ2n) is 7.04. The molecule has 1 aromatic heterocycles. The molecule has 0 unspecified atom stereocenters. The van der Waals surface area contributed by atoms with Crippen molar-refractivity contribution < 1.29 is 14.6 Å². The van der Waals surface area contributed by atoms with E-state index >= 15 is 0 Å². The van der Waals surface area contributed by atoms with Crippen LogP contribution in [0, 0.1) is 12.8 Å². The molecule has 0 bridgehead atoms. The van der Waals surface area contributed by atoms with E-state index in [-0.39, 0.29) is 12.0 Å². The molecule has 1 fully saturated rings. The number of hydrogen-bond acceptors (Lipinski definition) is 5. The first-order valence-corrected chi connectivity index (χ1v) is 9.87. The molecule has 6 nitrogen and oxygen atoms in total. The smallest absolute Gasteiger partial charge is 0.179 e. The molecule has 1 aliphatic heterocycles. The molecule has 7 heteroatoms. The fourth-order valence-electron chi connectivity index (χ4n) is 3.64. The van der Waals surface area contributed by atoms with Gasteiger partial charge in [-0.05, 0) is 51.0 Å². The van der Waals surface area contributed by atoms with Gasteiger partial charge < -0.3 is 14.6 Å². The topological polar surface area (TPSA) is 70.6 Å². The van der Waals surface area contributed by atoms with E-state index in [1.54, 1.807) is 0 Å². The largest absolute Gasteiger partial charge is 0.490 e. The molecule has 0 radical (unpaired) electrons. The first kappa shape index (κ1) is 20.0. The summed E-state index contributed by atoms with van der Waals surface area (Å²) in [4.78, 5) is 2.25. The summed E-state index contributed by atoms with van der Waals surface area (Å²) in [5, 5.41) is 18.3. The van der Waals surface area contributed by atoms with Crippen LogP contribution in [0.15, 0.2) is 18.2 Å². The fraction of sp³-hybridized carbons (Fsp3) is 0.550. The van der Waals surface area contributed by atoms with Gasteiger partial charge in [-0.1, -0.05) is 11.6 Å². The number of aromatic amines is 1. The van der Waals surface area contributed by atoms with Crippen molar-refractivity contribution in [2.45, 2.75) is 39.8 Å². The number of H-pyrrole nitrogens is 1. The third kappa shape index (κ3) is 4.94. The van der Waals surface area contributed by atoms with Gasteiger partial charge in [0.2, 0.25) is 0 Å². The van der Waals surface area contributed by atoms with Crippen LogP contribution in [0.25, 0.3) is 0 Å². The van der Waals surface area contributed by atoms with Gasteiger partial charge in [-0.25, -0.2) is 0 Å². The van der Waals surface area contributed by atoms with Crippen molar-refractivity contribution in [1.29, 1.82) is 0 Å². The van der Waals surface area contributed by atoms with E-state index in [4.69, 9.17) is 21.1 Å². The highest BCUT2D eigenvalue weighted by Gasteiger charge is 2.32. The maximum absolute atomic E-state index is 10.5. The van der Waals surface area contributed by atoms with E-state index in [2.05, 4.69) is 15.1 Å². The Morgan fingerprint density at radius 3 is 2.67 bits per heavy atom. The molecule has 148 valence electrons. The summed E-state index contributed by atoms with van der Waals surface area (Å²) in [6, 6.07) is 5.94. The predicted molar refractivity (Wildman–Crippen MR) is 106 cm³/mol. The number of β-amino-alcohol motifs (C(OH)–C–C–N with tert-alkyl or cyclic N) is 1. The number of benzene rings is 1. The zero-order valence-electron chi connectivity index (χ0n) is 16.2. The number of aryl methyl sites for hydroxylation is 1. The number of aliphatic hydroxyl groups excluding tert-OH is 1. The molecule has 2 aromatic rings. The van der Waals surface area contributed by atoms with Gasteiger partial charge in [0.15, 0.2) is 11.5 Å². The van der Waals surface area contributed by atoms with Gasteiger partial charge in [0.1, 0.15) is 0 Å². The molecular formula is C20H28ClN3O3. The number of nitrogens with zero attached hydrogens (tertiary/aromatic N) is 2. The summed E-state index contributed by atoms with van der Waals surface area (Å²) in [5.74, 6) is 1.44. The molecule has 0 spiro atoms. The molecular weight excluding hydrogens is 366 g/mol.